The second-order valence-corrected chi connectivity index (χ2v) is 7.50. The molecule has 5 rings (SSSR count). The Morgan fingerprint density at radius 2 is 1.93 bits per heavy atom. The topological polar surface area (TPSA) is 104 Å². The zero-order chi connectivity index (χ0) is 20.8. The third kappa shape index (κ3) is 3.03. The first-order chi connectivity index (χ1) is 14.5. The third-order valence-corrected chi connectivity index (χ3v) is 5.20. The van der Waals surface area contributed by atoms with Gasteiger partial charge in [0.05, 0.1) is 5.69 Å². The average Bonchev–Trinajstić information content (AvgIpc) is 3.41. The first-order valence-corrected chi connectivity index (χ1v) is 9.59. The van der Waals surface area contributed by atoms with E-state index in [1.807, 2.05) is 31.2 Å². The largest absolute Gasteiger partial charge is 0.337 e. The van der Waals surface area contributed by atoms with Crippen LogP contribution in [0.3, 0.4) is 0 Å². The lowest BCUT2D eigenvalue weighted by atomic mass is 10.1. The van der Waals surface area contributed by atoms with Crippen LogP contribution in [0.25, 0.3) is 11.4 Å². The number of carbonyl (C=O) groups is 2. The fourth-order valence-corrected chi connectivity index (χ4v) is 3.77. The Morgan fingerprint density at radius 3 is 2.73 bits per heavy atom. The van der Waals surface area contributed by atoms with Crippen molar-refractivity contribution in [3.8, 4) is 11.4 Å². The maximum absolute atomic E-state index is 13.0. The van der Waals surface area contributed by atoms with Crippen molar-refractivity contribution in [2.45, 2.75) is 25.6 Å². The minimum absolute atomic E-state index is 0.0614. The molecule has 1 saturated heterocycles. The predicted octanol–water partition coefficient (Wildman–Crippen LogP) is 3.19. The van der Waals surface area contributed by atoms with E-state index in [1.165, 1.54) is 5.01 Å². The molecule has 0 radical (unpaired) electrons. The normalized spacial score (nSPS) is 20.3. The van der Waals surface area contributed by atoms with Crippen molar-refractivity contribution < 1.29 is 14.1 Å². The molecule has 0 bridgehead atoms. The lowest BCUT2D eigenvalue weighted by Crippen LogP contribution is -2.39. The number of hydrogen-bond acceptors (Lipinski definition) is 8. The van der Waals surface area contributed by atoms with Gasteiger partial charge in [-0.25, -0.2) is 4.90 Å². The summed E-state index contributed by atoms with van der Waals surface area (Å²) in [6, 6.07) is 12.5. The molecular weight excluding hydrogens is 408 g/mol. The van der Waals surface area contributed by atoms with Crippen molar-refractivity contribution in [3.05, 3.63) is 65.0 Å². The minimum atomic E-state index is -0.907. The van der Waals surface area contributed by atoms with Gasteiger partial charge in [0.25, 0.3) is 11.8 Å². The highest BCUT2D eigenvalue weighted by Gasteiger charge is 2.55. The molecule has 10 heteroatoms. The van der Waals surface area contributed by atoms with Crippen LogP contribution in [-0.2, 0) is 16.1 Å². The maximum atomic E-state index is 13.0. The highest BCUT2D eigenvalue weighted by Crippen LogP contribution is 2.33. The van der Waals surface area contributed by atoms with Crippen molar-refractivity contribution in [3.63, 3.8) is 0 Å². The number of carbonyl (C=O) groups excluding carboxylic acids is 2. The number of aromatic nitrogens is 2. The SMILES string of the molecule is Cc1cccc(-c2noc(CN3N=N[C@@H]4C(=O)N(c5cccc(Cl)c5)C(=O)[C@@H]43)n2)c1. The molecule has 2 aliphatic rings. The molecule has 2 atom stereocenters. The van der Waals surface area contributed by atoms with Gasteiger partial charge in [-0.15, -0.1) is 0 Å². The molecule has 1 fully saturated rings. The number of anilines is 1. The van der Waals surface area contributed by atoms with E-state index in [1.54, 1.807) is 24.3 Å². The standard InChI is InChI=1S/C20H15ClN6O3/c1-11-4-2-5-12(8-11)18-22-15(30-24-18)10-26-17-16(23-25-26)19(28)27(20(17)29)14-7-3-6-13(21)9-14/h2-9,16-17H,10H2,1H3/t16-,17+/m0/s1. The lowest BCUT2D eigenvalue weighted by Gasteiger charge is -2.19. The average molecular weight is 423 g/mol. The highest BCUT2D eigenvalue weighted by molar-refractivity contribution is 6.31. The zero-order valence-electron chi connectivity index (χ0n) is 15.8. The van der Waals surface area contributed by atoms with Gasteiger partial charge < -0.3 is 4.52 Å². The molecule has 0 saturated carbocycles. The van der Waals surface area contributed by atoms with Crippen molar-refractivity contribution >= 4 is 29.1 Å². The Kier molecular flexibility index (Phi) is 4.32. The smallest absolute Gasteiger partial charge is 0.263 e. The van der Waals surface area contributed by atoms with E-state index in [4.69, 9.17) is 16.1 Å². The molecule has 0 N–H and O–H groups in total. The number of amides is 2. The summed E-state index contributed by atoms with van der Waals surface area (Å²) in [7, 11) is 0. The van der Waals surface area contributed by atoms with Crippen LogP contribution in [0.4, 0.5) is 5.69 Å². The second kappa shape index (κ2) is 7.03. The van der Waals surface area contributed by atoms with E-state index < -0.39 is 23.9 Å². The van der Waals surface area contributed by atoms with Gasteiger partial charge in [-0.1, -0.05) is 51.8 Å². The van der Waals surface area contributed by atoms with Gasteiger partial charge in [0.1, 0.15) is 6.54 Å². The van der Waals surface area contributed by atoms with Crippen molar-refractivity contribution in [2.24, 2.45) is 10.3 Å². The third-order valence-electron chi connectivity index (χ3n) is 4.97. The van der Waals surface area contributed by atoms with Gasteiger partial charge in [0.15, 0.2) is 12.1 Å². The maximum Gasteiger partial charge on any atom is 0.263 e. The Labute approximate surface area is 175 Å². The van der Waals surface area contributed by atoms with Crippen molar-refractivity contribution in [1.29, 1.82) is 0 Å². The number of rotatable bonds is 4. The quantitative estimate of drug-likeness (QED) is 0.598. The molecule has 0 aliphatic carbocycles. The molecule has 3 aromatic rings. The van der Waals surface area contributed by atoms with Crippen LogP contribution in [0.1, 0.15) is 11.5 Å². The van der Waals surface area contributed by atoms with E-state index in [0.29, 0.717) is 16.5 Å². The van der Waals surface area contributed by atoms with Gasteiger partial charge in [-0.3, -0.25) is 14.6 Å². The summed E-state index contributed by atoms with van der Waals surface area (Å²) in [5.41, 5.74) is 2.30. The summed E-state index contributed by atoms with van der Waals surface area (Å²) >= 11 is 6.01. The minimum Gasteiger partial charge on any atom is -0.337 e. The van der Waals surface area contributed by atoms with Gasteiger partial charge in [0, 0.05) is 10.6 Å². The molecule has 150 valence electrons. The van der Waals surface area contributed by atoms with E-state index in [9.17, 15) is 9.59 Å². The van der Waals surface area contributed by atoms with Crippen molar-refractivity contribution in [1.82, 2.24) is 15.1 Å². The van der Waals surface area contributed by atoms with Gasteiger partial charge in [0.2, 0.25) is 11.7 Å². The molecule has 3 heterocycles. The fourth-order valence-electron chi connectivity index (χ4n) is 3.58. The van der Waals surface area contributed by atoms with Crippen LogP contribution >= 0.6 is 11.6 Å². The summed E-state index contributed by atoms with van der Waals surface area (Å²) in [4.78, 5) is 31.2. The molecule has 0 unspecified atom stereocenters. The summed E-state index contributed by atoms with van der Waals surface area (Å²) in [6.45, 7) is 2.04. The number of fused-ring (bicyclic) bond motifs is 1. The molecule has 9 nitrogen and oxygen atoms in total. The molecular formula is C20H15ClN6O3. The van der Waals surface area contributed by atoms with E-state index >= 15 is 0 Å². The Hall–Kier alpha value is -3.59. The van der Waals surface area contributed by atoms with Gasteiger partial charge >= 0.3 is 0 Å². The number of hydrogen-bond donors (Lipinski definition) is 0. The van der Waals surface area contributed by atoms with Crippen molar-refractivity contribution in [2.75, 3.05) is 4.90 Å². The monoisotopic (exact) mass is 422 g/mol. The molecule has 0 spiro atoms. The fraction of sp³-hybridized carbons (Fsp3) is 0.200. The molecule has 2 aromatic carbocycles. The number of nitrogens with zero attached hydrogens (tertiary/aromatic N) is 6. The first-order valence-electron chi connectivity index (χ1n) is 9.22. The van der Waals surface area contributed by atoms with E-state index in [-0.39, 0.29) is 12.4 Å². The summed E-state index contributed by atoms with van der Waals surface area (Å²) in [6.07, 6.45) is 0. The van der Waals surface area contributed by atoms with Crippen LogP contribution in [0, 0.1) is 6.92 Å². The summed E-state index contributed by atoms with van der Waals surface area (Å²) in [5.74, 6) is -0.150. The Morgan fingerprint density at radius 1 is 1.10 bits per heavy atom. The van der Waals surface area contributed by atoms with E-state index in [0.717, 1.165) is 16.0 Å². The summed E-state index contributed by atoms with van der Waals surface area (Å²) < 4.78 is 5.33. The predicted molar refractivity (Wildman–Crippen MR) is 106 cm³/mol. The molecule has 2 amide bonds. The van der Waals surface area contributed by atoms with Crippen LogP contribution in [0.15, 0.2) is 63.4 Å². The number of halogens is 1. The Balaban J connectivity index is 1.37. The number of aryl methyl sites for hydroxylation is 1. The first kappa shape index (κ1) is 18.4. The van der Waals surface area contributed by atoms with E-state index in [2.05, 4.69) is 20.5 Å². The zero-order valence-corrected chi connectivity index (χ0v) is 16.5. The van der Waals surface area contributed by atoms with Crippen LogP contribution in [-0.4, -0.2) is 39.0 Å². The lowest BCUT2D eigenvalue weighted by molar-refractivity contribution is -0.123. The molecule has 1 aromatic heterocycles. The number of imide groups is 1. The van der Waals surface area contributed by atoms with Crippen LogP contribution in [0.5, 0.6) is 0 Å². The second-order valence-electron chi connectivity index (χ2n) is 7.07. The highest BCUT2D eigenvalue weighted by atomic mass is 35.5. The van der Waals surface area contributed by atoms with Crippen LogP contribution in [0.2, 0.25) is 5.02 Å². The van der Waals surface area contributed by atoms with Crippen LogP contribution < -0.4 is 4.90 Å². The van der Waals surface area contributed by atoms with Gasteiger partial charge in [-0.2, -0.15) is 10.1 Å². The Bertz CT molecular complexity index is 1190. The molecule has 30 heavy (non-hydrogen) atoms. The summed E-state index contributed by atoms with van der Waals surface area (Å²) in [5, 5.41) is 13.8. The number of benzene rings is 2. The van der Waals surface area contributed by atoms with Gasteiger partial charge in [-0.05, 0) is 31.2 Å². The molecule has 2 aliphatic heterocycles.